The molecule has 3 nitrogen and oxygen atoms in total. The van der Waals surface area contributed by atoms with Crippen molar-refractivity contribution < 1.29 is 8.42 Å². The summed E-state index contributed by atoms with van der Waals surface area (Å²) in [6.07, 6.45) is 13.8. The van der Waals surface area contributed by atoms with Crippen LogP contribution in [0.25, 0.3) is 0 Å². The quantitative estimate of drug-likeness (QED) is 0.597. The van der Waals surface area contributed by atoms with Gasteiger partial charge in [0.1, 0.15) is 0 Å². The van der Waals surface area contributed by atoms with E-state index in [2.05, 4.69) is 18.6 Å². The summed E-state index contributed by atoms with van der Waals surface area (Å²) < 4.78 is 28.7. The molecule has 4 fully saturated rings. The minimum Gasteiger partial charge on any atom is -0.211 e. The van der Waals surface area contributed by atoms with Crippen molar-refractivity contribution in [2.24, 2.45) is 46.8 Å². The average Bonchev–Trinajstić information content (AvgIpc) is 2.77. The molecule has 0 spiro atoms. The van der Waals surface area contributed by atoms with Crippen molar-refractivity contribution in [2.45, 2.75) is 83.0 Å². The Bertz CT molecular complexity index is 868. The largest absolute Gasteiger partial charge is 0.240 e. The summed E-state index contributed by atoms with van der Waals surface area (Å²) in [5.74, 6) is 6.01. The maximum absolute atomic E-state index is 12.8. The molecule has 4 aliphatic rings. The molecule has 8 atom stereocenters. The normalized spacial score (nSPS) is 42.8. The van der Waals surface area contributed by atoms with Gasteiger partial charge in [-0.25, -0.2) is 13.1 Å². The van der Waals surface area contributed by atoms with Crippen LogP contribution in [0.4, 0.5) is 0 Å². The summed E-state index contributed by atoms with van der Waals surface area (Å²) in [4.78, 5) is 0.390. The lowest BCUT2D eigenvalue weighted by Crippen LogP contribution is -2.54. The van der Waals surface area contributed by atoms with Crippen LogP contribution in [-0.2, 0) is 10.0 Å². The highest BCUT2D eigenvalue weighted by Gasteiger charge is 2.55. The van der Waals surface area contributed by atoms with E-state index in [1.165, 1.54) is 64.2 Å². The number of hydrogen-bond donors (Lipinski definition) is 1. The van der Waals surface area contributed by atoms with Crippen LogP contribution in [0.1, 0.15) is 78.1 Å². The maximum Gasteiger partial charge on any atom is 0.240 e. The molecule has 4 heteroatoms. The first-order valence-corrected chi connectivity index (χ1v) is 14.4. The molecule has 0 heterocycles. The van der Waals surface area contributed by atoms with Crippen molar-refractivity contribution in [3.63, 3.8) is 0 Å². The lowest BCUT2D eigenvalue weighted by Gasteiger charge is -2.60. The van der Waals surface area contributed by atoms with Gasteiger partial charge in [-0.15, -0.1) is 0 Å². The number of nitrogens with one attached hydrogen (secondary N) is 1. The number of fused-ring (bicyclic) bond motifs is 5. The van der Waals surface area contributed by atoms with Gasteiger partial charge in [-0.1, -0.05) is 44.9 Å². The minimum absolute atomic E-state index is 0.299. The lowest BCUT2D eigenvalue weighted by atomic mass is 9.45. The van der Waals surface area contributed by atoms with Crippen LogP contribution >= 0.6 is 0 Å². The van der Waals surface area contributed by atoms with Crippen LogP contribution in [-0.4, -0.2) is 15.0 Å². The molecule has 0 aromatic heterocycles. The van der Waals surface area contributed by atoms with Crippen molar-refractivity contribution in [1.82, 2.24) is 4.72 Å². The van der Waals surface area contributed by atoms with E-state index in [9.17, 15) is 8.42 Å². The van der Waals surface area contributed by atoms with Gasteiger partial charge >= 0.3 is 0 Å². The predicted octanol–water partition coefficient (Wildman–Crippen LogP) is 6.26. The third kappa shape index (κ3) is 4.01. The molecule has 172 valence electrons. The zero-order valence-electron chi connectivity index (χ0n) is 19.4. The molecule has 0 bridgehead atoms. The van der Waals surface area contributed by atoms with Crippen molar-refractivity contribution >= 4 is 10.0 Å². The average molecular weight is 444 g/mol. The van der Waals surface area contributed by atoms with Gasteiger partial charge in [-0.3, -0.25) is 0 Å². The van der Waals surface area contributed by atoms with Gasteiger partial charge < -0.3 is 0 Å². The fourth-order valence-electron chi connectivity index (χ4n) is 8.63. The molecule has 1 aromatic rings. The van der Waals surface area contributed by atoms with E-state index in [0.29, 0.717) is 22.8 Å². The number of sulfonamides is 1. The van der Waals surface area contributed by atoms with Crippen molar-refractivity contribution in [3.05, 3.63) is 30.3 Å². The monoisotopic (exact) mass is 443 g/mol. The molecular weight excluding hydrogens is 402 g/mol. The molecule has 31 heavy (non-hydrogen) atoms. The Morgan fingerprint density at radius 2 is 1.71 bits per heavy atom. The second kappa shape index (κ2) is 8.48. The fourth-order valence-corrected chi connectivity index (χ4v) is 9.73. The van der Waals surface area contributed by atoms with Crippen LogP contribution in [0.5, 0.6) is 0 Å². The molecule has 0 unspecified atom stereocenters. The van der Waals surface area contributed by atoms with Crippen LogP contribution in [0, 0.1) is 46.8 Å². The Morgan fingerprint density at radius 1 is 0.935 bits per heavy atom. The third-order valence-electron chi connectivity index (χ3n) is 10.2. The first-order chi connectivity index (χ1) is 14.9. The van der Waals surface area contributed by atoms with Gasteiger partial charge in [0.15, 0.2) is 0 Å². The van der Waals surface area contributed by atoms with Crippen LogP contribution in [0.15, 0.2) is 35.2 Å². The standard InChI is InChI=1S/C27H41NO2S/c1-19-11-13-23-20(17-19)12-14-25-24(23)15-16-27(2)21(7-6-10-26(25)27)18-28-31(29,30)22-8-4-3-5-9-22/h3-5,8-9,19-21,23-26,28H,6-7,10-18H2,1-2H3/t19-,20+,21+,23-,24+,25+,26-,27+/m0/s1. The van der Waals surface area contributed by atoms with E-state index in [1.807, 2.05) is 6.07 Å². The van der Waals surface area contributed by atoms with Crippen LogP contribution in [0.2, 0.25) is 0 Å². The van der Waals surface area contributed by atoms with Crippen molar-refractivity contribution in [1.29, 1.82) is 0 Å². The number of benzene rings is 1. The van der Waals surface area contributed by atoms with Gasteiger partial charge in [-0.2, -0.15) is 0 Å². The highest BCUT2D eigenvalue weighted by Crippen LogP contribution is 2.63. The van der Waals surface area contributed by atoms with Gasteiger partial charge in [0, 0.05) is 6.54 Å². The van der Waals surface area contributed by atoms with E-state index in [1.54, 1.807) is 24.3 Å². The van der Waals surface area contributed by atoms with Gasteiger partial charge in [0.2, 0.25) is 10.0 Å². The molecule has 0 saturated heterocycles. The molecule has 0 radical (unpaired) electrons. The highest BCUT2D eigenvalue weighted by atomic mass is 32.2. The van der Waals surface area contributed by atoms with Crippen LogP contribution < -0.4 is 4.72 Å². The molecular formula is C27H41NO2S. The summed E-state index contributed by atoms with van der Waals surface area (Å²) in [5, 5.41) is 0. The number of rotatable bonds is 4. The molecule has 5 rings (SSSR count). The highest BCUT2D eigenvalue weighted by molar-refractivity contribution is 7.89. The van der Waals surface area contributed by atoms with Crippen molar-refractivity contribution in [3.8, 4) is 0 Å². The first-order valence-electron chi connectivity index (χ1n) is 12.9. The fraction of sp³-hybridized carbons (Fsp3) is 0.778. The second-order valence-corrected chi connectivity index (χ2v) is 13.5. The summed E-state index contributed by atoms with van der Waals surface area (Å²) >= 11 is 0. The molecule has 0 aliphatic heterocycles. The van der Waals surface area contributed by atoms with E-state index in [4.69, 9.17) is 0 Å². The number of hydrogen-bond acceptors (Lipinski definition) is 2. The van der Waals surface area contributed by atoms with Gasteiger partial charge in [0.25, 0.3) is 0 Å². The Labute approximate surface area is 189 Å². The van der Waals surface area contributed by atoms with E-state index in [0.717, 1.165) is 35.5 Å². The minimum atomic E-state index is -3.42. The smallest absolute Gasteiger partial charge is 0.211 e. The summed E-state index contributed by atoms with van der Waals surface area (Å²) in [5.41, 5.74) is 0.299. The van der Waals surface area contributed by atoms with Gasteiger partial charge in [-0.05, 0) is 110 Å². The molecule has 1 N–H and O–H groups in total. The summed E-state index contributed by atoms with van der Waals surface area (Å²) in [7, 11) is -3.42. The van der Waals surface area contributed by atoms with Crippen molar-refractivity contribution in [2.75, 3.05) is 6.54 Å². The Morgan fingerprint density at radius 3 is 2.52 bits per heavy atom. The van der Waals surface area contributed by atoms with Crippen LogP contribution in [0.3, 0.4) is 0 Å². The maximum atomic E-state index is 12.8. The molecule has 4 saturated carbocycles. The summed E-state index contributed by atoms with van der Waals surface area (Å²) in [6.45, 7) is 5.58. The van der Waals surface area contributed by atoms with Gasteiger partial charge in [0.05, 0.1) is 4.90 Å². The SMILES string of the molecule is C[C@H]1CC[C@H]2[C@H](CC[C@@H]3[C@@H]2CC[C@]2(C)[C@@H](CNS(=O)(=O)c4ccccc4)CCC[C@@H]32)C1. The van der Waals surface area contributed by atoms with E-state index < -0.39 is 10.0 Å². The Kier molecular flexibility index (Phi) is 6.01. The zero-order chi connectivity index (χ0) is 21.6. The zero-order valence-corrected chi connectivity index (χ0v) is 20.2. The molecule has 0 amide bonds. The van der Waals surface area contributed by atoms with E-state index >= 15 is 0 Å². The lowest BCUT2D eigenvalue weighted by molar-refractivity contribution is -0.108. The van der Waals surface area contributed by atoms with E-state index in [-0.39, 0.29) is 0 Å². The predicted molar refractivity (Wildman–Crippen MR) is 126 cm³/mol. The topological polar surface area (TPSA) is 46.2 Å². The molecule has 1 aromatic carbocycles. The summed E-state index contributed by atoms with van der Waals surface area (Å²) in [6, 6.07) is 8.86. The Hall–Kier alpha value is -0.870. The molecule has 4 aliphatic carbocycles. The second-order valence-electron chi connectivity index (χ2n) is 11.7. The Balaban J connectivity index is 1.30. The first kappa shape index (κ1) is 21.9. The third-order valence-corrected chi connectivity index (χ3v) is 11.7.